The molecule has 0 aromatic heterocycles. The Hall–Kier alpha value is -0.320. The van der Waals surface area contributed by atoms with E-state index in [0.717, 1.165) is 25.1 Å². The first-order valence-corrected chi connectivity index (χ1v) is 6.73. The molecule has 1 N–H and O–H groups in total. The Balaban J connectivity index is 2.35. The van der Waals surface area contributed by atoms with Crippen molar-refractivity contribution in [1.29, 1.82) is 0 Å². The third kappa shape index (κ3) is 2.98. The van der Waals surface area contributed by atoms with E-state index in [1.54, 1.807) is 13.2 Å². The Morgan fingerprint density at radius 1 is 1.33 bits per heavy atom. The van der Waals surface area contributed by atoms with Crippen LogP contribution in [0.15, 0.2) is 18.2 Å². The summed E-state index contributed by atoms with van der Waals surface area (Å²) in [6.45, 7) is 2.91. The molecule has 1 aromatic carbocycles. The van der Waals surface area contributed by atoms with Crippen LogP contribution in [0.1, 0.15) is 12.0 Å². The van der Waals surface area contributed by atoms with Gasteiger partial charge in [-0.15, -0.1) is 0 Å². The fourth-order valence-electron chi connectivity index (χ4n) is 2.24. The molecule has 100 valence electrons. The van der Waals surface area contributed by atoms with Crippen LogP contribution in [-0.4, -0.2) is 33.4 Å². The minimum atomic E-state index is -0.438. The third-order valence-corrected chi connectivity index (χ3v) is 3.93. The zero-order valence-corrected chi connectivity index (χ0v) is 11.9. The van der Waals surface area contributed by atoms with Gasteiger partial charge in [-0.3, -0.25) is 0 Å². The summed E-state index contributed by atoms with van der Waals surface area (Å²) >= 11 is 12.0. The fraction of sp³-hybridized carbons (Fsp3) is 0.538. The number of hydrogen-bond donors (Lipinski definition) is 1. The van der Waals surface area contributed by atoms with Crippen molar-refractivity contribution in [3.05, 3.63) is 33.8 Å². The van der Waals surface area contributed by atoms with Crippen molar-refractivity contribution in [1.82, 2.24) is 5.32 Å². The van der Waals surface area contributed by atoms with E-state index >= 15 is 0 Å². The van der Waals surface area contributed by atoms with E-state index in [9.17, 15) is 0 Å². The van der Waals surface area contributed by atoms with Crippen LogP contribution in [0.5, 0.6) is 0 Å². The molecule has 0 spiro atoms. The second kappa shape index (κ2) is 6.22. The van der Waals surface area contributed by atoms with Gasteiger partial charge in [-0.05, 0) is 30.7 Å². The molecular formula is C13H17Cl2NO2. The van der Waals surface area contributed by atoms with Gasteiger partial charge in [-0.25, -0.2) is 0 Å². The lowest BCUT2D eigenvalue weighted by Gasteiger charge is -2.32. The van der Waals surface area contributed by atoms with Crippen LogP contribution >= 0.6 is 23.2 Å². The Labute approximate surface area is 117 Å². The van der Waals surface area contributed by atoms with E-state index in [1.165, 1.54) is 0 Å². The molecule has 5 heteroatoms. The first-order chi connectivity index (χ1) is 8.68. The summed E-state index contributed by atoms with van der Waals surface area (Å²) in [7, 11) is 1.68. The van der Waals surface area contributed by atoms with Crippen molar-refractivity contribution >= 4 is 23.2 Å². The minimum absolute atomic E-state index is 0.438. The van der Waals surface area contributed by atoms with Gasteiger partial charge in [0.1, 0.15) is 5.60 Å². The van der Waals surface area contributed by atoms with Crippen LogP contribution in [-0.2, 0) is 15.1 Å². The molecule has 1 aromatic rings. The first kappa shape index (κ1) is 14.1. The monoisotopic (exact) mass is 289 g/mol. The summed E-state index contributed by atoms with van der Waals surface area (Å²) in [5, 5.41) is 4.42. The Kier molecular flexibility index (Phi) is 4.87. The van der Waals surface area contributed by atoms with Gasteiger partial charge in [0, 0.05) is 13.7 Å². The van der Waals surface area contributed by atoms with Gasteiger partial charge in [0.25, 0.3) is 0 Å². The lowest BCUT2D eigenvalue weighted by atomic mass is 9.91. The number of benzene rings is 1. The van der Waals surface area contributed by atoms with Crippen LogP contribution in [0.3, 0.4) is 0 Å². The highest BCUT2D eigenvalue weighted by atomic mass is 35.5. The van der Waals surface area contributed by atoms with Crippen molar-refractivity contribution in [3.63, 3.8) is 0 Å². The summed E-state index contributed by atoms with van der Waals surface area (Å²) in [5.74, 6) is 0. The van der Waals surface area contributed by atoms with Crippen molar-refractivity contribution < 1.29 is 9.47 Å². The molecule has 3 nitrogen and oxygen atoms in total. The average Bonchev–Trinajstić information content (AvgIpc) is 2.60. The number of methoxy groups -OCH3 is 1. The highest BCUT2D eigenvalue weighted by Crippen LogP contribution is 2.34. The van der Waals surface area contributed by atoms with E-state index in [1.807, 2.05) is 12.1 Å². The maximum Gasteiger partial charge on any atom is 0.118 e. The van der Waals surface area contributed by atoms with Gasteiger partial charge in [-0.2, -0.15) is 0 Å². The molecule has 1 aliphatic heterocycles. The summed E-state index contributed by atoms with van der Waals surface area (Å²) in [4.78, 5) is 0. The maximum atomic E-state index is 6.09. The highest BCUT2D eigenvalue weighted by molar-refractivity contribution is 6.42. The van der Waals surface area contributed by atoms with Crippen molar-refractivity contribution in [2.75, 3.05) is 33.4 Å². The minimum Gasteiger partial charge on any atom is -0.381 e. The van der Waals surface area contributed by atoms with Crippen LogP contribution in [0, 0.1) is 0 Å². The van der Waals surface area contributed by atoms with E-state index in [-0.39, 0.29) is 0 Å². The second-order valence-corrected chi connectivity index (χ2v) is 5.22. The van der Waals surface area contributed by atoms with E-state index in [2.05, 4.69) is 5.32 Å². The molecule has 0 radical (unpaired) electrons. The Bertz CT molecular complexity index is 404. The summed E-state index contributed by atoms with van der Waals surface area (Å²) in [5.41, 5.74) is 0.578. The van der Waals surface area contributed by atoms with Crippen molar-refractivity contribution in [3.8, 4) is 0 Å². The van der Waals surface area contributed by atoms with Gasteiger partial charge in [0.05, 0.1) is 23.3 Å². The molecule has 1 atom stereocenters. The summed E-state index contributed by atoms with van der Waals surface area (Å²) < 4.78 is 11.4. The van der Waals surface area contributed by atoms with Crippen LogP contribution in [0.4, 0.5) is 0 Å². The van der Waals surface area contributed by atoms with Crippen molar-refractivity contribution in [2.45, 2.75) is 12.0 Å². The third-order valence-electron chi connectivity index (χ3n) is 3.19. The Morgan fingerprint density at radius 3 is 2.89 bits per heavy atom. The average molecular weight is 290 g/mol. The van der Waals surface area contributed by atoms with Gasteiger partial charge in [-0.1, -0.05) is 29.3 Å². The molecule has 1 fully saturated rings. The highest BCUT2D eigenvalue weighted by Gasteiger charge is 2.34. The van der Waals surface area contributed by atoms with Crippen LogP contribution in [0.2, 0.25) is 10.0 Å². The zero-order valence-electron chi connectivity index (χ0n) is 10.3. The van der Waals surface area contributed by atoms with Crippen LogP contribution < -0.4 is 5.32 Å². The maximum absolute atomic E-state index is 6.09. The molecule has 0 aliphatic carbocycles. The SMILES string of the molecule is COC[C@@]1(c2ccc(Cl)c(Cl)c2)CCNCCO1. The summed E-state index contributed by atoms with van der Waals surface area (Å²) in [6, 6.07) is 5.63. The predicted molar refractivity (Wildman–Crippen MR) is 73.5 cm³/mol. The molecule has 0 unspecified atom stereocenters. The molecule has 1 saturated heterocycles. The normalized spacial score (nSPS) is 24.8. The fourth-order valence-corrected chi connectivity index (χ4v) is 2.54. The lowest BCUT2D eigenvalue weighted by Crippen LogP contribution is -2.35. The van der Waals surface area contributed by atoms with E-state index in [4.69, 9.17) is 32.7 Å². The smallest absolute Gasteiger partial charge is 0.118 e. The van der Waals surface area contributed by atoms with E-state index < -0.39 is 5.60 Å². The topological polar surface area (TPSA) is 30.5 Å². The van der Waals surface area contributed by atoms with Gasteiger partial charge >= 0.3 is 0 Å². The predicted octanol–water partition coefficient (Wildman–Crippen LogP) is 2.85. The van der Waals surface area contributed by atoms with Gasteiger partial charge in [0.15, 0.2) is 0 Å². The number of rotatable bonds is 3. The first-order valence-electron chi connectivity index (χ1n) is 5.97. The molecule has 1 aliphatic rings. The number of ether oxygens (including phenoxy) is 2. The number of nitrogens with one attached hydrogen (secondary N) is 1. The molecule has 18 heavy (non-hydrogen) atoms. The molecule has 0 bridgehead atoms. The quantitative estimate of drug-likeness (QED) is 0.928. The number of halogens is 2. The molecular weight excluding hydrogens is 273 g/mol. The standard InChI is InChI=1S/C13H17Cl2NO2/c1-17-9-13(4-5-16-6-7-18-13)10-2-3-11(14)12(15)8-10/h2-3,8,16H,4-7,9H2,1H3/t13-/m1/s1. The van der Waals surface area contributed by atoms with E-state index in [0.29, 0.717) is 23.3 Å². The zero-order chi connectivity index (χ0) is 13.0. The molecule has 0 saturated carbocycles. The lowest BCUT2D eigenvalue weighted by molar-refractivity contribution is -0.0893. The van der Waals surface area contributed by atoms with Crippen molar-refractivity contribution in [2.24, 2.45) is 0 Å². The number of hydrogen-bond acceptors (Lipinski definition) is 3. The van der Waals surface area contributed by atoms with Crippen LogP contribution in [0.25, 0.3) is 0 Å². The molecule has 2 rings (SSSR count). The van der Waals surface area contributed by atoms with Gasteiger partial charge in [0.2, 0.25) is 0 Å². The Morgan fingerprint density at radius 2 is 2.17 bits per heavy atom. The second-order valence-electron chi connectivity index (χ2n) is 4.40. The van der Waals surface area contributed by atoms with Gasteiger partial charge < -0.3 is 14.8 Å². The molecule has 1 heterocycles. The largest absolute Gasteiger partial charge is 0.381 e. The molecule has 0 amide bonds. The summed E-state index contributed by atoms with van der Waals surface area (Å²) in [6.07, 6.45) is 0.846.